The topological polar surface area (TPSA) is 88.0 Å². The SMILES string of the molecule is O=C(Cc1c[nH]c2ncc3nc(C4CCCCC4)cn3c12)NCc1cccnc1. The summed E-state index contributed by atoms with van der Waals surface area (Å²) in [6, 6.07) is 3.82. The highest BCUT2D eigenvalue weighted by Gasteiger charge is 2.20. The van der Waals surface area contributed by atoms with Gasteiger partial charge in [-0.1, -0.05) is 25.3 Å². The minimum Gasteiger partial charge on any atom is -0.352 e. The number of imidazole rings is 1. The molecule has 4 heterocycles. The Morgan fingerprint density at radius 2 is 2.14 bits per heavy atom. The number of hydrogen-bond acceptors (Lipinski definition) is 4. The van der Waals surface area contributed by atoms with E-state index in [1.165, 1.54) is 32.1 Å². The van der Waals surface area contributed by atoms with Crippen molar-refractivity contribution in [2.45, 2.75) is 51.0 Å². The number of amides is 1. The van der Waals surface area contributed by atoms with Gasteiger partial charge in [0.1, 0.15) is 0 Å². The Morgan fingerprint density at radius 3 is 2.97 bits per heavy atom. The largest absolute Gasteiger partial charge is 0.352 e. The maximum Gasteiger partial charge on any atom is 0.224 e. The number of carbonyl (C=O) groups is 1. The Bertz CT molecular complexity index is 1140. The molecule has 0 bridgehead atoms. The van der Waals surface area contributed by atoms with Crippen LogP contribution in [0.15, 0.2) is 43.1 Å². The molecule has 1 aliphatic rings. The summed E-state index contributed by atoms with van der Waals surface area (Å²) in [4.78, 5) is 29.2. The average Bonchev–Trinajstić information content (AvgIpc) is 3.37. The zero-order chi connectivity index (χ0) is 19.6. The van der Waals surface area contributed by atoms with Gasteiger partial charge in [-0.3, -0.25) is 14.2 Å². The maximum atomic E-state index is 12.5. The molecular weight excluding hydrogens is 364 g/mol. The van der Waals surface area contributed by atoms with Crippen molar-refractivity contribution in [3.05, 3.63) is 59.9 Å². The van der Waals surface area contributed by atoms with Crippen molar-refractivity contribution in [1.82, 2.24) is 29.7 Å². The first-order valence-corrected chi connectivity index (χ1v) is 10.3. The van der Waals surface area contributed by atoms with Crippen LogP contribution in [0.1, 0.15) is 54.8 Å². The standard InChI is InChI=1S/C22H24N6O/c29-20(24-11-15-5-4-8-23-10-15)9-17-12-25-22-21(17)28-14-18(27-19(28)13-26-22)16-6-2-1-3-7-16/h4-5,8,10,12-14,16,25H,1-3,6-7,9,11H2,(H,24,29). The minimum absolute atomic E-state index is 0.0284. The molecule has 0 aliphatic heterocycles. The van der Waals surface area contributed by atoms with Crippen molar-refractivity contribution >= 4 is 22.7 Å². The summed E-state index contributed by atoms with van der Waals surface area (Å²) < 4.78 is 2.09. The van der Waals surface area contributed by atoms with Crippen LogP contribution in [0.3, 0.4) is 0 Å². The molecule has 4 aromatic rings. The molecule has 1 saturated carbocycles. The van der Waals surface area contributed by atoms with Crippen LogP contribution in [0, 0.1) is 0 Å². The number of aromatic amines is 1. The van der Waals surface area contributed by atoms with Gasteiger partial charge in [0, 0.05) is 42.8 Å². The van der Waals surface area contributed by atoms with Crippen molar-refractivity contribution in [1.29, 1.82) is 0 Å². The predicted octanol–water partition coefficient (Wildman–Crippen LogP) is 3.51. The van der Waals surface area contributed by atoms with Gasteiger partial charge in [0.05, 0.1) is 23.8 Å². The van der Waals surface area contributed by atoms with E-state index in [0.717, 1.165) is 33.6 Å². The number of nitrogens with one attached hydrogen (secondary N) is 2. The average molecular weight is 388 g/mol. The van der Waals surface area contributed by atoms with Gasteiger partial charge in [-0.05, 0) is 24.5 Å². The van der Waals surface area contributed by atoms with Gasteiger partial charge >= 0.3 is 0 Å². The molecule has 5 rings (SSSR count). The number of H-pyrrole nitrogens is 1. The Hall–Kier alpha value is -3.22. The molecule has 0 saturated heterocycles. The third kappa shape index (κ3) is 3.60. The highest BCUT2D eigenvalue weighted by atomic mass is 16.1. The lowest BCUT2D eigenvalue weighted by atomic mass is 9.87. The van der Waals surface area contributed by atoms with Gasteiger partial charge < -0.3 is 10.3 Å². The summed E-state index contributed by atoms with van der Waals surface area (Å²) in [6.45, 7) is 0.472. The molecule has 0 aromatic carbocycles. The van der Waals surface area contributed by atoms with E-state index in [9.17, 15) is 4.79 Å². The van der Waals surface area contributed by atoms with Crippen LogP contribution in [0.2, 0.25) is 0 Å². The van der Waals surface area contributed by atoms with Crippen LogP contribution in [-0.2, 0) is 17.8 Å². The van der Waals surface area contributed by atoms with Gasteiger partial charge in [0.2, 0.25) is 5.91 Å². The van der Waals surface area contributed by atoms with Gasteiger partial charge in [0.25, 0.3) is 0 Å². The molecule has 7 nitrogen and oxygen atoms in total. The number of fused-ring (bicyclic) bond motifs is 3. The summed E-state index contributed by atoms with van der Waals surface area (Å²) >= 11 is 0. The van der Waals surface area contributed by atoms with E-state index in [4.69, 9.17) is 4.98 Å². The van der Waals surface area contributed by atoms with Gasteiger partial charge in [-0.15, -0.1) is 0 Å². The summed E-state index contributed by atoms with van der Waals surface area (Å²) in [6.07, 6.45) is 15.9. The predicted molar refractivity (Wildman–Crippen MR) is 110 cm³/mol. The van der Waals surface area contributed by atoms with Gasteiger partial charge in [-0.2, -0.15) is 0 Å². The molecule has 1 aliphatic carbocycles. The fraction of sp³-hybridized carbons (Fsp3) is 0.364. The van der Waals surface area contributed by atoms with Crippen LogP contribution < -0.4 is 5.32 Å². The van der Waals surface area contributed by atoms with E-state index in [0.29, 0.717) is 12.5 Å². The lowest BCUT2D eigenvalue weighted by molar-refractivity contribution is -0.120. The zero-order valence-corrected chi connectivity index (χ0v) is 16.3. The summed E-state index contributed by atoms with van der Waals surface area (Å²) in [7, 11) is 0. The molecular formula is C22H24N6O. The second-order valence-electron chi connectivity index (χ2n) is 7.81. The van der Waals surface area contributed by atoms with Crippen LogP contribution >= 0.6 is 0 Å². The van der Waals surface area contributed by atoms with Crippen LogP contribution in [0.4, 0.5) is 0 Å². The molecule has 0 radical (unpaired) electrons. The third-order valence-electron chi connectivity index (χ3n) is 5.80. The molecule has 1 amide bonds. The first-order chi connectivity index (χ1) is 14.3. The Morgan fingerprint density at radius 1 is 1.24 bits per heavy atom. The first kappa shape index (κ1) is 17.8. The fourth-order valence-corrected chi connectivity index (χ4v) is 4.29. The first-order valence-electron chi connectivity index (χ1n) is 10.3. The molecule has 148 valence electrons. The Kier molecular flexibility index (Phi) is 4.71. The van der Waals surface area contributed by atoms with Crippen molar-refractivity contribution in [2.75, 3.05) is 0 Å². The Balaban J connectivity index is 1.40. The highest BCUT2D eigenvalue weighted by molar-refractivity contribution is 5.86. The lowest BCUT2D eigenvalue weighted by Crippen LogP contribution is -2.24. The van der Waals surface area contributed by atoms with Crippen molar-refractivity contribution < 1.29 is 4.79 Å². The molecule has 2 N–H and O–H groups in total. The van der Waals surface area contributed by atoms with Crippen LogP contribution in [-0.4, -0.2) is 30.2 Å². The molecule has 0 unspecified atom stereocenters. The summed E-state index contributed by atoms with van der Waals surface area (Å²) in [5.41, 5.74) is 5.61. The smallest absolute Gasteiger partial charge is 0.224 e. The van der Waals surface area contributed by atoms with E-state index in [2.05, 4.69) is 30.9 Å². The van der Waals surface area contributed by atoms with E-state index < -0.39 is 0 Å². The number of hydrogen-bond donors (Lipinski definition) is 2. The lowest BCUT2D eigenvalue weighted by Gasteiger charge is -2.19. The van der Waals surface area contributed by atoms with Crippen LogP contribution in [0.5, 0.6) is 0 Å². The van der Waals surface area contributed by atoms with Gasteiger partial charge in [0.15, 0.2) is 11.3 Å². The molecule has 1 fully saturated rings. The second-order valence-corrected chi connectivity index (χ2v) is 7.81. The minimum atomic E-state index is -0.0284. The molecule has 4 aromatic heterocycles. The number of nitrogens with zero attached hydrogens (tertiary/aromatic N) is 4. The molecule has 29 heavy (non-hydrogen) atoms. The molecule has 0 spiro atoms. The van der Waals surface area contributed by atoms with Crippen molar-refractivity contribution in [3.8, 4) is 0 Å². The number of pyridine rings is 1. The monoisotopic (exact) mass is 388 g/mol. The summed E-state index contributed by atoms with van der Waals surface area (Å²) in [5, 5.41) is 2.97. The third-order valence-corrected chi connectivity index (χ3v) is 5.80. The van der Waals surface area contributed by atoms with Crippen LogP contribution in [0.25, 0.3) is 16.8 Å². The zero-order valence-electron chi connectivity index (χ0n) is 16.3. The fourth-order valence-electron chi connectivity index (χ4n) is 4.29. The molecule has 0 atom stereocenters. The highest BCUT2D eigenvalue weighted by Crippen LogP contribution is 2.32. The Labute approximate surface area is 168 Å². The normalized spacial score (nSPS) is 15.2. The quantitative estimate of drug-likeness (QED) is 0.548. The maximum absolute atomic E-state index is 12.5. The van der Waals surface area contributed by atoms with E-state index in [-0.39, 0.29) is 12.3 Å². The number of aromatic nitrogens is 5. The second kappa shape index (κ2) is 7.66. The van der Waals surface area contributed by atoms with E-state index in [1.807, 2.05) is 18.3 Å². The summed E-state index contributed by atoms with van der Waals surface area (Å²) in [5.74, 6) is 0.503. The number of carbonyl (C=O) groups excluding carboxylic acids is 1. The van der Waals surface area contributed by atoms with Gasteiger partial charge in [-0.25, -0.2) is 9.97 Å². The van der Waals surface area contributed by atoms with E-state index in [1.54, 1.807) is 18.6 Å². The van der Waals surface area contributed by atoms with Crippen molar-refractivity contribution in [2.24, 2.45) is 0 Å². The molecule has 7 heteroatoms. The van der Waals surface area contributed by atoms with E-state index >= 15 is 0 Å². The number of rotatable bonds is 5. The van der Waals surface area contributed by atoms with Crippen molar-refractivity contribution in [3.63, 3.8) is 0 Å².